The molecule has 0 N–H and O–H groups in total. The lowest BCUT2D eigenvalue weighted by Gasteiger charge is -2.14. The molecule has 0 saturated carbocycles. The van der Waals surface area contributed by atoms with E-state index in [4.69, 9.17) is 0 Å². The second kappa shape index (κ2) is 11.0. The Morgan fingerprint density at radius 2 is 1.93 bits per heavy atom. The fourth-order valence-electron chi connectivity index (χ4n) is 1.63. The van der Waals surface area contributed by atoms with Gasteiger partial charge in [-0.25, -0.2) is 0 Å². The standard InChI is InChI=1S/C13H25P/c1-4-6-8-10-13(9-7-5-2)11-12-14-3/h4-6,13-14H,2,7-12H2,1,3H3/b6-4+. The molecule has 2 atom stereocenters. The third-order valence-corrected chi connectivity index (χ3v) is 3.35. The van der Waals surface area contributed by atoms with E-state index in [1.54, 1.807) is 0 Å². The Labute approximate surface area is 91.7 Å². The molecule has 0 spiro atoms. The monoisotopic (exact) mass is 212 g/mol. The molecular formula is C13H25P. The third kappa shape index (κ3) is 8.51. The zero-order valence-electron chi connectivity index (χ0n) is 9.76. The van der Waals surface area contributed by atoms with Crippen molar-refractivity contribution in [3.63, 3.8) is 0 Å². The summed E-state index contributed by atoms with van der Waals surface area (Å²) in [7, 11) is 1.12. The molecule has 0 rings (SSSR count). The van der Waals surface area contributed by atoms with Crippen LogP contribution in [0.3, 0.4) is 0 Å². The maximum atomic E-state index is 3.80. The number of hydrogen-bond donors (Lipinski definition) is 0. The molecule has 0 aromatic heterocycles. The lowest BCUT2D eigenvalue weighted by Crippen LogP contribution is -2.01. The average molecular weight is 212 g/mol. The summed E-state index contributed by atoms with van der Waals surface area (Å²) in [5.74, 6) is 0.927. The zero-order valence-corrected chi connectivity index (χ0v) is 10.8. The van der Waals surface area contributed by atoms with Gasteiger partial charge in [0.05, 0.1) is 0 Å². The van der Waals surface area contributed by atoms with Crippen LogP contribution in [0.2, 0.25) is 0 Å². The normalized spacial score (nSPS) is 14.1. The third-order valence-electron chi connectivity index (χ3n) is 2.56. The van der Waals surface area contributed by atoms with Crippen molar-refractivity contribution >= 4 is 8.58 Å². The van der Waals surface area contributed by atoms with Crippen molar-refractivity contribution in [1.82, 2.24) is 0 Å². The van der Waals surface area contributed by atoms with Gasteiger partial charge in [0.1, 0.15) is 0 Å². The quantitative estimate of drug-likeness (QED) is 0.386. The van der Waals surface area contributed by atoms with Gasteiger partial charge in [-0.05, 0) is 57.8 Å². The fourth-order valence-corrected chi connectivity index (χ4v) is 2.33. The summed E-state index contributed by atoms with van der Waals surface area (Å²) < 4.78 is 0. The molecule has 0 aromatic carbocycles. The second-order valence-electron chi connectivity index (χ2n) is 3.77. The molecular weight excluding hydrogens is 187 g/mol. The van der Waals surface area contributed by atoms with E-state index < -0.39 is 0 Å². The Morgan fingerprint density at radius 1 is 1.21 bits per heavy atom. The molecule has 0 saturated heterocycles. The predicted octanol–water partition coefficient (Wildman–Crippen LogP) is 4.62. The summed E-state index contributed by atoms with van der Waals surface area (Å²) in [6.45, 7) is 8.20. The smallest absolute Gasteiger partial charge is 0.0348 e. The van der Waals surface area contributed by atoms with Crippen molar-refractivity contribution in [2.45, 2.75) is 39.0 Å². The van der Waals surface area contributed by atoms with Gasteiger partial charge in [-0.2, -0.15) is 0 Å². The van der Waals surface area contributed by atoms with Crippen molar-refractivity contribution in [3.8, 4) is 0 Å². The van der Waals surface area contributed by atoms with E-state index in [0.717, 1.165) is 14.5 Å². The van der Waals surface area contributed by atoms with Crippen LogP contribution < -0.4 is 0 Å². The molecule has 0 aliphatic heterocycles. The highest BCUT2D eigenvalue weighted by Gasteiger charge is 2.05. The molecule has 0 bridgehead atoms. The maximum absolute atomic E-state index is 3.80. The van der Waals surface area contributed by atoms with Gasteiger partial charge in [0.25, 0.3) is 0 Å². The van der Waals surface area contributed by atoms with Gasteiger partial charge in [-0.1, -0.05) is 18.2 Å². The minimum Gasteiger partial charge on any atom is -0.125 e. The first-order valence-corrected chi connectivity index (χ1v) is 7.42. The zero-order chi connectivity index (χ0) is 10.6. The Balaban J connectivity index is 3.65. The van der Waals surface area contributed by atoms with Crippen LogP contribution in [0.1, 0.15) is 39.0 Å². The molecule has 2 unspecified atom stereocenters. The molecule has 0 aliphatic carbocycles. The summed E-state index contributed by atoms with van der Waals surface area (Å²) in [6.07, 6.45) is 14.5. The first-order valence-electron chi connectivity index (χ1n) is 5.71. The Bertz CT molecular complexity index is 149. The topological polar surface area (TPSA) is 0 Å². The highest BCUT2D eigenvalue weighted by Crippen LogP contribution is 2.21. The van der Waals surface area contributed by atoms with Gasteiger partial charge >= 0.3 is 0 Å². The van der Waals surface area contributed by atoms with E-state index in [1.165, 1.54) is 38.3 Å². The summed E-state index contributed by atoms with van der Waals surface area (Å²) in [4.78, 5) is 0. The van der Waals surface area contributed by atoms with Crippen LogP contribution in [0.5, 0.6) is 0 Å². The minimum atomic E-state index is 0.927. The van der Waals surface area contributed by atoms with Crippen LogP contribution in [0.15, 0.2) is 24.8 Å². The van der Waals surface area contributed by atoms with Crippen LogP contribution in [-0.2, 0) is 0 Å². The van der Waals surface area contributed by atoms with Crippen LogP contribution in [-0.4, -0.2) is 12.8 Å². The average Bonchev–Trinajstić information content (AvgIpc) is 2.21. The fraction of sp³-hybridized carbons (Fsp3) is 0.692. The highest BCUT2D eigenvalue weighted by atomic mass is 31.1. The van der Waals surface area contributed by atoms with Crippen LogP contribution in [0, 0.1) is 5.92 Å². The van der Waals surface area contributed by atoms with Gasteiger partial charge in [0.2, 0.25) is 0 Å². The van der Waals surface area contributed by atoms with E-state index in [-0.39, 0.29) is 0 Å². The molecule has 0 heterocycles. The van der Waals surface area contributed by atoms with E-state index >= 15 is 0 Å². The maximum Gasteiger partial charge on any atom is -0.0348 e. The molecule has 0 nitrogen and oxygen atoms in total. The van der Waals surface area contributed by atoms with Crippen LogP contribution in [0.25, 0.3) is 0 Å². The van der Waals surface area contributed by atoms with Crippen LogP contribution >= 0.6 is 8.58 Å². The van der Waals surface area contributed by atoms with E-state index in [9.17, 15) is 0 Å². The van der Waals surface area contributed by atoms with Gasteiger partial charge in [-0.3, -0.25) is 0 Å². The van der Waals surface area contributed by atoms with Crippen molar-refractivity contribution in [1.29, 1.82) is 0 Å². The van der Waals surface area contributed by atoms with Crippen LogP contribution in [0.4, 0.5) is 0 Å². The molecule has 0 radical (unpaired) electrons. The van der Waals surface area contributed by atoms with Crippen molar-refractivity contribution < 1.29 is 0 Å². The largest absolute Gasteiger partial charge is 0.125 e. The Hall–Kier alpha value is -0.0900. The molecule has 1 heteroatoms. The SMILES string of the molecule is C=CCCC(CC/C=C/C)CCPC. The number of rotatable bonds is 9. The van der Waals surface area contributed by atoms with Gasteiger partial charge in [0.15, 0.2) is 0 Å². The lowest BCUT2D eigenvalue weighted by molar-refractivity contribution is 0.447. The van der Waals surface area contributed by atoms with E-state index in [1.807, 2.05) is 0 Å². The lowest BCUT2D eigenvalue weighted by atomic mass is 9.95. The molecule has 82 valence electrons. The minimum absolute atomic E-state index is 0.927. The second-order valence-corrected chi connectivity index (χ2v) is 4.98. The summed E-state index contributed by atoms with van der Waals surface area (Å²) >= 11 is 0. The Morgan fingerprint density at radius 3 is 2.50 bits per heavy atom. The van der Waals surface area contributed by atoms with Gasteiger partial charge < -0.3 is 0 Å². The molecule has 0 aromatic rings. The van der Waals surface area contributed by atoms with Crippen molar-refractivity contribution in [2.75, 3.05) is 12.8 Å². The molecule has 0 fully saturated rings. The summed E-state index contributed by atoms with van der Waals surface area (Å²) in [5.41, 5.74) is 0. The molecule has 0 amide bonds. The van der Waals surface area contributed by atoms with Gasteiger partial charge in [-0.15, -0.1) is 15.2 Å². The molecule has 14 heavy (non-hydrogen) atoms. The van der Waals surface area contributed by atoms with Crippen molar-refractivity contribution in [3.05, 3.63) is 24.8 Å². The van der Waals surface area contributed by atoms with E-state index in [2.05, 4.69) is 38.4 Å². The summed E-state index contributed by atoms with van der Waals surface area (Å²) in [6, 6.07) is 0. The van der Waals surface area contributed by atoms with Crippen molar-refractivity contribution in [2.24, 2.45) is 5.92 Å². The molecule has 0 aliphatic rings. The van der Waals surface area contributed by atoms with Gasteiger partial charge in [0, 0.05) is 0 Å². The summed E-state index contributed by atoms with van der Waals surface area (Å²) in [5, 5.41) is 0. The highest BCUT2D eigenvalue weighted by molar-refractivity contribution is 7.36. The number of hydrogen-bond acceptors (Lipinski definition) is 0. The Kier molecular flexibility index (Phi) is 10.9. The first-order chi connectivity index (χ1) is 6.85. The van der Waals surface area contributed by atoms with E-state index in [0.29, 0.717) is 0 Å². The first kappa shape index (κ1) is 13.9. The predicted molar refractivity (Wildman–Crippen MR) is 70.7 cm³/mol. The number of allylic oxidation sites excluding steroid dienone is 3.